The summed E-state index contributed by atoms with van der Waals surface area (Å²) in [5.74, 6) is -1.90. The molecule has 12 nitrogen and oxygen atoms in total. The zero-order chi connectivity index (χ0) is 24.8. The van der Waals surface area contributed by atoms with Crippen LogP contribution in [0.2, 0.25) is 0 Å². The second-order valence-electron chi connectivity index (χ2n) is 8.62. The molecule has 0 saturated carbocycles. The molecule has 12 heteroatoms. The molecule has 184 valence electrons. The molecule has 1 aromatic rings. The van der Waals surface area contributed by atoms with Crippen molar-refractivity contribution in [2.24, 2.45) is 5.92 Å². The number of ketones is 1. The van der Waals surface area contributed by atoms with Gasteiger partial charge in [0.05, 0.1) is 25.9 Å². The average molecular weight is 469 g/mol. The van der Waals surface area contributed by atoms with Gasteiger partial charge < -0.3 is 35.1 Å². The Bertz CT molecular complexity index is 864. The van der Waals surface area contributed by atoms with Crippen molar-refractivity contribution >= 4 is 23.5 Å². The van der Waals surface area contributed by atoms with Crippen molar-refractivity contribution in [1.29, 1.82) is 0 Å². The number of hydrogen-bond acceptors (Lipinski definition) is 9. The molecule has 1 saturated heterocycles. The highest BCUT2D eigenvalue weighted by Crippen LogP contribution is 2.29. The fraction of sp³-hybridized carbons (Fsp3) is 0.667. The fourth-order valence-corrected chi connectivity index (χ4v) is 3.12. The minimum Gasteiger partial charge on any atom is -0.394 e. The Balaban J connectivity index is 2.05. The summed E-state index contributed by atoms with van der Waals surface area (Å²) in [5.41, 5.74) is -0.978. The van der Waals surface area contributed by atoms with Crippen LogP contribution in [0.25, 0.3) is 0 Å². The number of rotatable bonds is 13. The van der Waals surface area contributed by atoms with Crippen LogP contribution in [0.4, 0.5) is 0 Å². The Labute approximate surface area is 191 Å². The number of aliphatic hydroxyl groups excluding tert-OH is 1. The quantitative estimate of drug-likeness (QED) is 0.267. The molecule has 33 heavy (non-hydrogen) atoms. The van der Waals surface area contributed by atoms with E-state index in [-0.39, 0.29) is 30.6 Å². The lowest BCUT2D eigenvalue weighted by Crippen LogP contribution is -2.58. The van der Waals surface area contributed by atoms with E-state index in [1.165, 1.54) is 13.2 Å². The van der Waals surface area contributed by atoms with Crippen molar-refractivity contribution in [2.75, 3.05) is 26.9 Å². The molecule has 1 aromatic heterocycles. The van der Waals surface area contributed by atoms with Crippen LogP contribution in [0.3, 0.4) is 0 Å². The first kappa shape index (κ1) is 26.4. The van der Waals surface area contributed by atoms with Crippen molar-refractivity contribution in [2.45, 2.75) is 57.8 Å². The third-order valence-electron chi connectivity index (χ3n) is 5.07. The van der Waals surface area contributed by atoms with Crippen molar-refractivity contribution in [1.82, 2.24) is 21.1 Å². The molecule has 1 aliphatic heterocycles. The van der Waals surface area contributed by atoms with Crippen molar-refractivity contribution < 1.29 is 38.3 Å². The van der Waals surface area contributed by atoms with Gasteiger partial charge >= 0.3 is 0 Å². The number of ether oxygens (including phenoxy) is 2. The standard InChI is InChI=1S/C21H32N4O8/c1-11(2)6-13(17(27)21(4)10-32-21)22-20(30)16(9-31-5)24-19(29)15(8-26)23-18(28)14-7-12(3)33-25-14/h7,11,13,15-16,26H,6,8-10H2,1-5H3,(H,22,30)(H,23,28)(H,24,29)/t13?,15-,16-,21+/m0/s1. The second-order valence-corrected chi connectivity index (χ2v) is 8.62. The predicted molar refractivity (Wildman–Crippen MR) is 114 cm³/mol. The topological polar surface area (TPSA) is 172 Å². The number of methoxy groups -OCH3 is 1. The van der Waals surface area contributed by atoms with Crippen LogP contribution >= 0.6 is 0 Å². The molecule has 3 amide bonds. The van der Waals surface area contributed by atoms with Crippen molar-refractivity contribution in [3.8, 4) is 0 Å². The van der Waals surface area contributed by atoms with Crippen LogP contribution in [0, 0.1) is 12.8 Å². The number of Topliss-reactive ketones (excluding diaryl/α,β-unsaturated/α-hetero) is 1. The van der Waals surface area contributed by atoms with Gasteiger partial charge in [0.2, 0.25) is 11.8 Å². The fourth-order valence-electron chi connectivity index (χ4n) is 3.12. The lowest BCUT2D eigenvalue weighted by atomic mass is 9.93. The maximum atomic E-state index is 12.9. The smallest absolute Gasteiger partial charge is 0.274 e. The first-order valence-corrected chi connectivity index (χ1v) is 10.6. The maximum Gasteiger partial charge on any atom is 0.274 e. The van der Waals surface area contributed by atoms with E-state index in [9.17, 15) is 24.3 Å². The largest absolute Gasteiger partial charge is 0.394 e. The number of nitrogens with zero attached hydrogens (tertiary/aromatic N) is 1. The number of aryl methyl sites for hydroxylation is 1. The highest BCUT2D eigenvalue weighted by atomic mass is 16.6. The molecule has 1 aliphatic rings. The first-order chi connectivity index (χ1) is 15.5. The Morgan fingerprint density at radius 1 is 1.15 bits per heavy atom. The monoisotopic (exact) mass is 468 g/mol. The summed E-state index contributed by atoms with van der Waals surface area (Å²) in [6.45, 7) is 6.47. The molecule has 0 aliphatic carbocycles. The number of aromatic nitrogens is 1. The van der Waals surface area contributed by atoms with E-state index >= 15 is 0 Å². The van der Waals surface area contributed by atoms with Gasteiger partial charge in [-0.3, -0.25) is 19.2 Å². The molecule has 0 bridgehead atoms. The summed E-state index contributed by atoms with van der Waals surface area (Å²) >= 11 is 0. The number of nitrogens with one attached hydrogen (secondary N) is 3. The number of carbonyl (C=O) groups excluding carboxylic acids is 4. The van der Waals surface area contributed by atoms with Crippen LogP contribution in [0.1, 0.15) is 43.4 Å². The number of aliphatic hydroxyl groups is 1. The molecular formula is C21H32N4O8. The van der Waals surface area contributed by atoms with Gasteiger partial charge in [-0.2, -0.15) is 0 Å². The summed E-state index contributed by atoms with van der Waals surface area (Å²) in [4.78, 5) is 50.5. The second kappa shape index (κ2) is 11.3. The van der Waals surface area contributed by atoms with Gasteiger partial charge in [0.15, 0.2) is 11.5 Å². The van der Waals surface area contributed by atoms with Crippen LogP contribution in [-0.4, -0.2) is 84.4 Å². The number of epoxide rings is 1. The number of carbonyl (C=O) groups is 4. The molecule has 4 N–H and O–H groups in total. The van der Waals surface area contributed by atoms with Crippen molar-refractivity contribution in [3.63, 3.8) is 0 Å². The van der Waals surface area contributed by atoms with Crippen molar-refractivity contribution in [3.05, 3.63) is 17.5 Å². The normalized spacial score (nSPS) is 20.0. The van der Waals surface area contributed by atoms with Crippen LogP contribution < -0.4 is 16.0 Å². The third-order valence-corrected chi connectivity index (χ3v) is 5.07. The Morgan fingerprint density at radius 2 is 1.76 bits per heavy atom. The van der Waals surface area contributed by atoms with Gasteiger partial charge in [-0.15, -0.1) is 0 Å². The average Bonchev–Trinajstić information content (AvgIpc) is 3.35. The van der Waals surface area contributed by atoms with E-state index in [4.69, 9.17) is 14.0 Å². The van der Waals surface area contributed by atoms with E-state index in [1.807, 2.05) is 13.8 Å². The molecule has 4 atom stereocenters. The Hall–Kier alpha value is -2.83. The Morgan fingerprint density at radius 3 is 2.24 bits per heavy atom. The van der Waals surface area contributed by atoms with E-state index in [0.29, 0.717) is 12.2 Å². The summed E-state index contributed by atoms with van der Waals surface area (Å²) < 4.78 is 15.1. The third kappa shape index (κ3) is 7.34. The molecule has 0 aromatic carbocycles. The highest BCUT2D eigenvalue weighted by molar-refractivity contribution is 5.99. The van der Waals surface area contributed by atoms with E-state index in [2.05, 4.69) is 21.1 Å². The van der Waals surface area contributed by atoms with Crippen LogP contribution in [0.15, 0.2) is 10.6 Å². The molecule has 2 rings (SSSR count). The lowest BCUT2D eigenvalue weighted by molar-refractivity contribution is -0.134. The molecule has 1 fully saturated rings. The lowest BCUT2D eigenvalue weighted by Gasteiger charge is -2.25. The number of amides is 3. The Kier molecular flexibility index (Phi) is 9.08. The van der Waals surface area contributed by atoms with E-state index < -0.39 is 48.1 Å². The van der Waals surface area contributed by atoms with Gasteiger partial charge in [-0.05, 0) is 26.2 Å². The van der Waals surface area contributed by atoms with Gasteiger partial charge in [0, 0.05) is 13.2 Å². The molecule has 0 spiro atoms. The summed E-state index contributed by atoms with van der Waals surface area (Å²) in [6, 6.07) is -1.95. The van der Waals surface area contributed by atoms with Crippen LogP contribution in [0.5, 0.6) is 0 Å². The molecular weight excluding hydrogens is 436 g/mol. The van der Waals surface area contributed by atoms with Gasteiger partial charge in [0.1, 0.15) is 23.4 Å². The minimum atomic E-state index is -1.35. The van der Waals surface area contributed by atoms with E-state index in [0.717, 1.165) is 0 Å². The molecule has 1 unspecified atom stereocenters. The molecule has 2 heterocycles. The summed E-state index contributed by atoms with van der Waals surface area (Å²) in [5, 5.41) is 20.6. The summed E-state index contributed by atoms with van der Waals surface area (Å²) in [7, 11) is 1.35. The molecule has 0 radical (unpaired) electrons. The minimum absolute atomic E-state index is 0.0595. The first-order valence-electron chi connectivity index (χ1n) is 10.6. The summed E-state index contributed by atoms with van der Waals surface area (Å²) in [6.07, 6.45) is 0.392. The number of hydrogen-bond donors (Lipinski definition) is 4. The SMILES string of the molecule is COC[C@H](NC(=O)[C@H](CO)NC(=O)c1cc(C)on1)C(=O)NC(CC(C)C)C(=O)[C@@]1(C)CO1. The van der Waals surface area contributed by atoms with Gasteiger partial charge in [-0.25, -0.2) is 0 Å². The highest BCUT2D eigenvalue weighted by Gasteiger charge is 2.50. The zero-order valence-electron chi connectivity index (χ0n) is 19.5. The van der Waals surface area contributed by atoms with Gasteiger partial charge in [0.25, 0.3) is 5.91 Å². The van der Waals surface area contributed by atoms with Crippen LogP contribution in [-0.2, 0) is 23.9 Å². The predicted octanol–water partition coefficient (Wildman–Crippen LogP) is -0.906. The zero-order valence-corrected chi connectivity index (χ0v) is 19.5. The maximum absolute atomic E-state index is 12.9. The van der Waals surface area contributed by atoms with Gasteiger partial charge in [-0.1, -0.05) is 19.0 Å². The van der Waals surface area contributed by atoms with E-state index in [1.54, 1.807) is 13.8 Å².